The number of nitrogens with one attached hydrogen (secondary N) is 2. The third kappa shape index (κ3) is 5.76. The van der Waals surface area contributed by atoms with Crippen molar-refractivity contribution >= 4 is 17.6 Å². The van der Waals surface area contributed by atoms with E-state index in [1.807, 2.05) is 4.90 Å². The van der Waals surface area contributed by atoms with E-state index in [1.165, 1.54) is 6.07 Å². The lowest BCUT2D eigenvalue weighted by Gasteiger charge is -2.32. The fourth-order valence-electron chi connectivity index (χ4n) is 3.60. The molecule has 1 fully saturated rings. The Morgan fingerprint density at radius 2 is 1.97 bits per heavy atom. The van der Waals surface area contributed by atoms with Gasteiger partial charge in [-0.05, 0) is 48.9 Å². The number of carbonyl (C=O) groups excluding carboxylic acids is 2. The SMILES string of the molecule is CNc1cc(C(=O)N2CCC(CC(=O)NCCc3ccccc3F)CC2)ccn1. The number of anilines is 1. The average Bonchev–Trinajstić information content (AvgIpc) is 2.75. The van der Waals surface area contributed by atoms with Crippen molar-refractivity contribution in [1.82, 2.24) is 15.2 Å². The molecule has 2 amide bonds. The summed E-state index contributed by atoms with van der Waals surface area (Å²) in [4.78, 5) is 30.8. The predicted molar refractivity (Wildman–Crippen MR) is 110 cm³/mol. The summed E-state index contributed by atoms with van der Waals surface area (Å²) in [5.41, 5.74) is 1.23. The van der Waals surface area contributed by atoms with E-state index < -0.39 is 0 Å². The quantitative estimate of drug-likeness (QED) is 0.752. The molecule has 1 aliphatic heterocycles. The third-order valence-electron chi connectivity index (χ3n) is 5.31. The van der Waals surface area contributed by atoms with Gasteiger partial charge in [-0.3, -0.25) is 9.59 Å². The van der Waals surface area contributed by atoms with E-state index in [-0.39, 0.29) is 23.5 Å². The number of aromatic nitrogens is 1. The molecule has 1 aliphatic rings. The number of piperidine rings is 1. The first-order chi connectivity index (χ1) is 14.1. The van der Waals surface area contributed by atoms with Crippen LogP contribution in [0.25, 0.3) is 0 Å². The first-order valence-electron chi connectivity index (χ1n) is 10.00. The van der Waals surface area contributed by atoms with E-state index >= 15 is 0 Å². The normalized spacial score (nSPS) is 14.5. The van der Waals surface area contributed by atoms with Gasteiger partial charge in [0, 0.05) is 44.9 Å². The minimum atomic E-state index is -0.241. The highest BCUT2D eigenvalue weighted by atomic mass is 19.1. The molecule has 0 atom stereocenters. The van der Waals surface area contributed by atoms with Crippen LogP contribution in [0.5, 0.6) is 0 Å². The minimum Gasteiger partial charge on any atom is -0.373 e. The highest BCUT2D eigenvalue weighted by molar-refractivity contribution is 5.94. The Bertz CT molecular complexity index is 850. The van der Waals surface area contributed by atoms with Gasteiger partial charge in [-0.25, -0.2) is 9.37 Å². The standard InChI is InChI=1S/C22H27FN4O2/c1-24-20-15-18(7-10-25-20)22(29)27-12-8-16(9-13-27)14-21(28)26-11-6-17-4-2-3-5-19(17)23/h2-5,7,10,15-16H,6,8-9,11-14H2,1H3,(H,24,25)(H,26,28). The van der Waals surface area contributed by atoms with Gasteiger partial charge >= 0.3 is 0 Å². The molecule has 0 radical (unpaired) electrons. The van der Waals surface area contributed by atoms with E-state index in [4.69, 9.17) is 0 Å². The van der Waals surface area contributed by atoms with E-state index in [1.54, 1.807) is 43.6 Å². The molecular formula is C22H27FN4O2. The fraction of sp³-hybridized carbons (Fsp3) is 0.409. The minimum absolute atomic E-state index is 0.00307. The van der Waals surface area contributed by atoms with Crippen LogP contribution >= 0.6 is 0 Å². The average molecular weight is 398 g/mol. The van der Waals surface area contributed by atoms with Crippen LogP contribution in [0, 0.1) is 11.7 Å². The molecular weight excluding hydrogens is 371 g/mol. The van der Waals surface area contributed by atoms with Gasteiger partial charge in [-0.1, -0.05) is 18.2 Å². The molecule has 0 aliphatic carbocycles. The molecule has 2 heterocycles. The predicted octanol–water partition coefficient (Wildman–Crippen LogP) is 2.86. The molecule has 0 spiro atoms. The summed E-state index contributed by atoms with van der Waals surface area (Å²) >= 11 is 0. The third-order valence-corrected chi connectivity index (χ3v) is 5.31. The number of pyridine rings is 1. The van der Waals surface area contributed by atoms with Crippen LogP contribution in [-0.2, 0) is 11.2 Å². The zero-order chi connectivity index (χ0) is 20.6. The molecule has 7 heteroatoms. The van der Waals surface area contributed by atoms with Gasteiger partial charge in [0.15, 0.2) is 0 Å². The summed E-state index contributed by atoms with van der Waals surface area (Å²) in [6.07, 6.45) is 4.15. The maximum atomic E-state index is 13.6. The second kappa shape index (κ2) is 10.0. The van der Waals surface area contributed by atoms with Gasteiger partial charge in [0.25, 0.3) is 5.91 Å². The monoisotopic (exact) mass is 398 g/mol. The lowest BCUT2D eigenvalue weighted by Crippen LogP contribution is -2.39. The van der Waals surface area contributed by atoms with Crippen LogP contribution in [0.15, 0.2) is 42.6 Å². The number of rotatable bonds is 7. The largest absolute Gasteiger partial charge is 0.373 e. The van der Waals surface area contributed by atoms with Crippen LogP contribution in [0.4, 0.5) is 10.2 Å². The smallest absolute Gasteiger partial charge is 0.254 e. The Hall–Kier alpha value is -2.96. The molecule has 154 valence electrons. The number of halogens is 1. The molecule has 0 saturated carbocycles. The van der Waals surface area contributed by atoms with E-state index in [0.717, 1.165) is 12.8 Å². The molecule has 2 aromatic rings. The van der Waals surface area contributed by atoms with E-state index in [9.17, 15) is 14.0 Å². The molecule has 6 nitrogen and oxygen atoms in total. The number of hydrogen-bond donors (Lipinski definition) is 2. The number of carbonyl (C=O) groups is 2. The zero-order valence-corrected chi connectivity index (χ0v) is 16.7. The molecule has 1 aromatic heterocycles. The van der Waals surface area contributed by atoms with Crippen molar-refractivity contribution in [2.24, 2.45) is 5.92 Å². The van der Waals surface area contributed by atoms with Gasteiger partial charge < -0.3 is 15.5 Å². The van der Waals surface area contributed by atoms with Gasteiger partial charge in [0.2, 0.25) is 5.91 Å². The van der Waals surface area contributed by atoms with Crippen LogP contribution in [0.2, 0.25) is 0 Å². The second-order valence-corrected chi connectivity index (χ2v) is 7.31. The number of likely N-dealkylation sites (tertiary alicyclic amines) is 1. The summed E-state index contributed by atoms with van der Waals surface area (Å²) in [5, 5.41) is 5.82. The van der Waals surface area contributed by atoms with Crippen LogP contribution in [0.1, 0.15) is 35.2 Å². The lowest BCUT2D eigenvalue weighted by atomic mass is 9.93. The van der Waals surface area contributed by atoms with Gasteiger partial charge in [-0.2, -0.15) is 0 Å². The van der Waals surface area contributed by atoms with Crippen LogP contribution in [0.3, 0.4) is 0 Å². The van der Waals surface area contributed by atoms with Gasteiger partial charge in [0.1, 0.15) is 11.6 Å². The molecule has 1 aromatic carbocycles. The van der Waals surface area contributed by atoms with Crippen molar-refractivity contribution in [2.45, 2.75) is 25.7 Å². The molecule has 29 heavy (non-hydrogen) atoms. The Morgan fingerprint density at radius 1 is 1.21 bits per heavy atom. The molecule has 0 bridgehead atoms. The summed E-state index contributed by atoms with van der Waals surface area (Å²) in [6, 6.07) is 10.1. The van der Waals surface area contributed by atoms with Gasteiger partial charge in [-0.15, -0.1) is 0 Å². The van der Waals surface area contributed by atoms with Crippen LogP contribution in [-0.4, -0.2) is 48.4 Å². The molecule has 3 rings (SSSR count). The second-order valence-electron chi connectivity index (χ2n) is 7.31. The fourth-order valence-corrected chi connectivity index (χ4v) is 3.60. The number of benzene rings is 1. The topological polar surface area (TPSA) is 74.3 Å². The van der Waals surface area contributed by atoms with Crippen molar-refractivity contribution < 1.29 is 14.0 Å². The van der Waals surface area contributed by atoms with Crippen molar-refractivity contribution in [2.75, 3.05) is 32.0 Å². The summed E-state index contributed by atoms with van der Waals surface area (Å²) in [6.45, 7) is 1.71. The number of hydrogen-bond acceptors (Lipinski definition) is 4. The van der Waals surface area contributed by atoms with Crippen molar-refractivity contribution in [3.05, 3.63) is 59.5 Å². The summed E-state index contributed by atoms with van der Waals surface area (Å²) in [5.74, 6) is 0.668. The number of nitrogens with zero attached hydrogens (tertiary/aromatic N) is 2. The Kier molecular flexibility index (Phi) is 7.16. The van der Waals surface area contributed by atoms with E-state index in [0.29, 0.717) is 49.4 Å². The summed E-state index contributed by atoms with van der Waals surface area (Å²) in [7, 11) is 1.77. The zero-order valence-electron chi connectivity index (χ0n) is 16.7. The molecule has 0 unspecified atom stereocenters. The first kappa shape index (κ1) is 20.8. The molecule has 2 N–H and O–H groups in total. The highest BCUT2D eigenvalue weighted by Gasteiger charge is 2.25. The first-order valence-corrected chi connectivity index (χ1v) is 10.00. The summed E-state index contributed by atoms with van der Waals surface area (Å²) < 4.78 is 13.6. The molecule has 1 saturated heterocycles. The van der Waals surface area contributed by atoms with Gasteiger partial charge in [0.05, 0.1) is 0 Å². The van der Waals surface area contributed by atoms with Crippen molar-refractivity contribution in [1.29, 1.82) is 0 Å². The van der Waals surface area contributed by atoms with Crippen molar-refractivity contribution in [3.8, 4) is 0 Å². The van der Waals surface area contributed by atoms with Crippen molar-refractivity contribution in [3.63, 3.8) is 0 Å². The Labute approximate surface area is 170 Å². The number of amides is 2. The Balaban J connectivity index is 1.40. The van der Waals surface area contributed by atoms with Crippen LogP contribution < -0.4 is 10.6 Å². The maximum absolute atomic E-state index is 13.6. The maximum Gasteiger partial charge on any atom is 0.254 e. The Morgan fingerprint density at radius 3 is 2.69 bits per heavy atom. The highest BCUT2D eigenvalue weighted by Crippen LogP contribution is 2.22. The lowest BCUT2D eigenvalue weighted by molar-refractivity contribution is -0.122. The van der Waals surface area contributed by atoms with E-state index in [2.05, 4.69) is 15.6 Å².